The zero-order chi connectivity index (χ0) is 22.7. The van der Waals surface area contributed by atoms with Crippen molar-refractivity contribution in [2.75, 3.05) is 43.9 Å². The minimum absolute atomic E-state index is 0.0281. The Balaban J connectivity index is 1.53. The number of benzene rings is 1. The summed E-state index contributed by atoms with van der Waals surface area (Å²) in [5, 5.41) is 2.99. The first kappa shape index (κ1) is 21.7. The molecule has 0 atom stereocenters. The molecule has 0 saturated carbocycles. The Bertz CT molecular complexity index is 1190. The van der Waals surface area contributed by atoms with E-state index in [-0.39, 0.29) is 22.8 Å². The molecule has 1 aliphatic rings. The molecule has 5 N–H and O–H groups in total. The third-order valence-electron chi connectivity index (χ3n) is 5.44. The zero-order valence-corrected chi connectivity index (χ0v) is 17.4. The second-order valence-electron chi connectivity index (χ2n) is 7.46. The summed E-state index contributed by atoms with van der Waals surface area (Å²) in [6.07, 6.45) is 2.15. The van der Waals surface area contributed by atoms with Crippen LogP contribution >= 0.6 is 0 Å². The van der Waals surface area contributed by atoms with E-state index in [1.165, 1.54) is 11.8 Å². The number of carbonyl (C=O) groups is 1. The van der Waals surface area contributed by atoms with Crippen molar-refractivity contribution in [3.05, 3.63) is 51.8 Å². The fourth-order valence-corrected chi connectivity index (χ4v) is 3.65. The van der Waals surface area contributed by atoms with Crippen LogP contribution in [0.4, 0.5) is 21.8 Å². The third-order valence-corrected chi connectivity index (χ3v) is 5.44. The van der Waals surface area contributed by atoms with Gasteiger partial charge in [0.1, 0.15) is 11.4 Å². The number of hydrogen-bond donors (Lipinski definition) is 3. The molecule has 0 spiro atoms. The average Bonchev–Trinajstić information content (AvgIpc) is 2.79. The van der Waals surface area contributed by atoms with E-state index in [2.05, 4.69) is 20.2 Å². The quantitative estimate of drug-likeness (QED) is 0.493. The number of ether oxygens (including phenoxy) is 1. The Morgan fingerprint density at radius 1 is 1.22 bits per heavy atom. The molecule has 4 rings (SSSR count). The van der Waals surface area contributed by atoms with Crippen LogP contribution in [0.5, 0.6) is 0 Å². The first-order valence-corrected chi connectivity index (χ1v) is 10.2. The van der Waals surface area contributed by atoms with Crippen molar-refractivity contribution >= 4 is 34.4 Å². The number of carbonyl (C=O) groups excluding carboxylic acids is 1. The van der Waals surface area contributed by atoms with Crippen molar-refractivity contribution in [2.24, 2.45) is 5.73 Å². The van der Waals surface area contributed by atoms with Gasteiger partial charge in [-0.15, -0.1) is 0 Å². The summed E-state index contributed by atoms with van der Waals surface area (Å²) in [6, 6.07) is 7.82. The lowest BCUT2D eigenvalue weighted by Gasteiger charge is -2.26. The fraction of sp³-hybridized carbons (Fsp3) is 0.333. The van der Waals surface area contributed by atoms with Crippen LogP contribution in [0.2, 0.25) is 0 Å². The van der Waals surface area contributed by atoms with Crippen molar-refractivity contribution in [1.29, 1.82) is 0 Å². The first-order valence-electron chi connectivity index (χ1n) is 10.2. The summed E-state index contributed by atoms with van der Waals surface area (Å²) in [7, 11) is 0. The van der Waals surface area contributed by atoms with Crippen molar-refractivity contribution in [3.63, 3.8) is 0 Å². The lowest BCUT2D eigenvalue weighted by Crippen LogP contribution is -2.37. The summed E-state index contributed by atoms with van der Waals surface area (Å²) in [6.45, 7) is 3.35. The number of primary amides is 1. The van der Waals surface area contributed by atoms with E-state index < -0.39 is 23.7 Å². The number of aromatic nitrogens is 3. The number of nitrogen functional groups attached to an aromatic ring is 1. The standard InChI is InChI=1S/C21H24FN7O3/c22-12-29-18(23)16(19(24)31)17(30)15-11-25-21(27-20(15)29)26-14-3-1-13(2-4-14)5-6-28-7-9-32-10-8-28/h1-4,11H,5-10,12,23H2,(H2,24,31)(H,25,26,27). The maximum atomic E-state index is 13.6. The van der Waals surface area contributed by atoms with Gasteiger partial charge in [-0.3, -0.25) is 19.1 Å². The van der Waals surface area contributed by atoms with Gasteiger partial charge in [0, 0.05) is 31.5 Å². The molecule has 0 aliphatic carbocycles. The van der Waals surface area contributed by atoms with Crippen LogP contribution in [0.25, 0.3) is 11.0 Å². The summed E-state index contributed by atoms with van der Waals surface area (Å²) < 4.78 is 19.9. The highest BCUT2D eigenvalue weighted by Crippen LogP contribution is 2.20. The molecule has 10 nitrogen and oxygen atoms in total. The molecular weight excluding hydrogens is 417 g/mol. The Morgan fingerprint density at radius 3 is 2.59 bits per heavy atom. The second kappa shape index (κ2) is 9.28. The van der Waals surface area contributed by atoms with Crippen LogP contribution in [-0.2, 0) is 18.0 Å². The van der Waals surface area contributed by atoms with Crippen LogP contribution in [0.3, 0.4) is 0 Å². The Hall–Kier alpha value is -3.57. The summed E-state index contributed by atoms with van der Waals surface area (Å²) >= 11 is 0. The summed E-state index contributed by atoms with van der Waals surface area (Å²) in [4.78, 5) is 34.8. The van der Waals surface area contributed by atoms with E-state index >= 15 is 0 Å². The number of nitrogens with two attached hydrogens (primary N) is 2. The highest BCUT2D eigenvalue weighted by molar-refractivity contribution is 6.00. The summed E-state index contributed by atoms with van der Waals surface area (Å²) in [5.74, 6) is -1.24. The number of anilines is 3. The van der Waals surface area contributed by atoms with Gasteiger partial charge in [-0.25, -0.2) is 9.37 Å². The Kier molecular flexibility index (Phi) is 6.28. The largest absolute Gasteiger partial charge is 0.384 e. The molecule has 2 aromatic heterocycles. The number of halogens is 1. The number of fused-ring (bicyclic) bond motifs is 1. The highest BCUT2D eigenvalue weighted by Gasteiger charge is 2.20. The topological polar surface area (TPSA) is 141 Å². The van der Waals surface area contributed by atoms with E-state index in [1.54, 1.807) is 0 Å². The molecule has 11 heteroatoms. The third kappa shape index (κ3) is 4.39. The van der Waals surface area contributed by atoms with E-state index in [1.807, 2.05) is 24.3 Å². The monoisotopic (exact) mass is 441 g/mol. The predicted molar refractivity (Wildman–Crippen MR) is 119 cm³/mol. The SMILES string of the molecule is NC(=O)c1c(N)n(CF)c2nc(Nc3ccc(CCN4CCOCC4)cc3)ncc2c1=O. The number of pyridine rings is 1. The lowest BCUT2D eigenvalue weighted by molar-refractivity contribution is 0.0384. The maximum Gasteiger partial charge on any atom is 0.256 e. The molecule has 32 heavy (non-hydrogen) atoms. The highest BCUT2D eigenvalue weighted by atomic mass is 19.1. The number of alkyl halides is 1. The Morgan fingerprint density at radius 2 is 1.94 bits per heavy atom. The van der Waals surface area contributed by atoms with Crippen molar-refractivity contribution < 1.29 is 13.9 Å². The van der Waals surface area contributed by atoms with Crippen molar-refractivity contribution in [2.45, 2.75) is 13.2 Å². The predicted octanol–water partition coefficient (Wildman–Crippen LogP) is 1.02. The smallest absolute Gasteiger partial charge is 0.256 e. The molecule has 1 aliphatic heterocycles. The van der Waals surface area contributed by atoms with Gasteiger partial charge in [0.05, 0.1) is 18.6 Å². The van der Waals surface area contributed by atoms with Crippen LogP contribution in [0.1, 0.15) is 15.9 Å². The van der Waals surface area contributed by atoms with Crippen molar-refractivity contribution in [3.8, 4) is 0 Å². The van der Waals surface area contributed by atoms with E-state index in [4.69, 9.17) is 16.2 Å². The lowest BCUT2D eigenvalue weighted by atomic mass is 10.1. The molecule has 1 amide bonds. The minimum Gasteiger partial charge on any atom is -0.384 e. The molecule has 0 radical (unpaired) electrons. The molecule has 1 saturated heterocycles. The number of nitrogens with zero attached hydrogens (tertiary/aromatic N) is 4. The average molecular weight is 441 g/mol. The van der Waals surface area contributed by atoms with Gasteiger partial charge < -0.3 is 21.5 Å². The molecule has 0 bridgehead atoms. The van der Waals surface area contributed by atoms with Gasteiger partial charge in [-0.2, -0.15) is 4.98 Å². The van der Waals surface area contributed by atoms with Crippen molar-refractivity contribution in [1.82, 2.24) is 19.4 Å². The van der Waals surface area contributed by atoms with Gasteiger partial charge >= 0.3 is 0 Å². The van der Waals surface area contributed by atoms with Gasteiger partial charge in [-0.05, 0) is 24.1 Å². The van der Waals surface area contributed by atoms with E-state index in [0.29, 0.717) is 0 Å². The van der Waals surface area contributed by atoms with Gasteiger partial charge in [0.25, 0.3) is 5.91 Å². The molecule has 3 aromatic rings. The number of amides is 1. The second-order valence-corrected chi connectivity index (χ2v) is 7.46. The summed E-state index contributed by atoms with van der Waals surface area (Å²) in [5.41, 5.74) is 11.7. The zero-order valence-electron chi connectivity index (χ0n) is 17.4. The number of morpholine rings is 1. The van der Waals surface area contributed by atoms with Gasteiger partial charge in [-0.1, -0.05) is 12.1 Å². The van der Waals surface area contributed by atoms with Crippen LogP contribution < -0.4 is 22.2 Å². The number of rotatable bonds is 7. The molecule has 1 fully saturated rings. The molecular formula is C21H24FN7O3. The van der Waals surface area contributed by atoms with E-state index in [9.17, 15) is 14.0 Å². The van der Waals surface area contributed by atoms with Crippen LogP contribution in [0, 0.1) is 0 Å². The molecule has 0 unspecified atom stereocenters. The normalized spacial score (nSPS) is 14.5. The minimum atomic E-state index is -1.09. The number of hydrogen-bond acceptors (Lipinski definition) is 8. The Labute approximate surface area is 183 Å². The van der Waals surface area contributed by atoms with E-state index in [0.717, 1.165) is 49.5 Å². The molecule has 1 aromatic carbocycles. The fourth-order valence-electron chi connectivity index (χ4n) is 3.65. The molecule has 168 valence electrons. The van der Waals surface area contributed by atoms with Crippen LogP contribution in [-0.4, -0.2) is 58.2 Å². The van der Waals surface area contributed by atoms with Gasteiger partial charge in [0.15, 0.2) is 12.4 Å². The molecule has 3 heterocycles. The first-order chi connectivity index (χ1) is 15.5. The maximum absolute atomic E-state index is 13.6. The van der Waals surface area contributed by atoms with Crippen LogP contribution in [0.15, 0.2) is 35.3 Å². The number of nitrogens with one attached hydrogen (secondary N) is 1. The van der Waals surface area contributed by atoms with Gasteiger partial charge in [0.2, 0.25) is 11.4 Å².